The molecule has 1 aromatic carbocycles. The van der Waals surface area contributed by atoms with Crippen LogP contribution in [-0.2, 0) is 4.79 Å². The number of hydrogen-bond donors (Lipinski definition) is 1. The number of ether oxygens (including phenoxy) is 1. The summed E-state index contributed by atoms with van der Waals surface area (Å²) in [7, 11) is 3.51. The van der Waals surface area contributed by atoms with Crippen LogP contribution in [0.25, 0.3) is 0 Å². The highest BCUT2D eigenvalue weighted by atomic mass is 16.5. The van der Waals surface area contributed by atoms with Crippen molar-refractivity contribution in [1.82, 2.24) is 15.1 Å². The molecular weight excluding hydrogens is 352 g/mol. The molecule has 0 spiro atoms. The number of carbonyl (C=O) groups is 1. The monoisotopic (exact) mass is 386 g/mol. The molecule has 0 radical (unpaired) electrons. The van der Waals surface area contributed by atoms with Gasteiger partial charge in [-0.25, -0.2) is 0 Å². The van der Waals surface area contributed by atoms with Gasteiger partial charge in [0.1, 0.15) is 5.75 Å². The van der Waals surface area contributed by atoms with E-state index in [0.29, 0.717) is 24.9 Å². The zero-order valence-electron chi connectivity index (χ0n) is 17.5. The predicted molar refractivity (Wildman–Crippen MR) is 113 cm³/mol. The van der Waals surface area contributed by atoms with E-state index < -0.39 is 0 Å². The summed E-state index contributed by atoms with van der Waals surface area (Å²) in [5.74, 6) is 2.55. The van der Waals surface area contributed by atoms with Crippen LogP contribution in [0.1, 0.15) is 50.5 Å². The number of piperidine rings is 1. The lowest BCUT2D eigenvalue weighted by Crippen LogP contribution is -2.45. The van der Waals surface area contributed by atoms with Gasteiger partial charge in [0.15, 0.2) is 5.96 Å². The number of likely N-dealkylation sites (tertiary alicyclic amines) is 2. The van der Waals surface area contributed by atoms with Gasteiger partial charge in [-0.1, -0.05) is 12.1 Å². The SMILES string of the molecule is CN=C(NCCC(=O)N1CCCCC1C)N1CCC(c2ccc(OC)cc2)C1. The number of guanidine groups is 1. The molecule has 2 unspecified atom stereocenters. The summed E-state index contributed by atoms with van der Waals surface area (Å²) in [6, 6.07) is 8.74. The topological polar surface area (TPSA) is 57.2 Å². The van der Waals surface area contributed by atoms with Crippen molar-refractivity contribution in [3.05, 3.63) is 29.8 Å². The normalized spacial score (nSPS) is 23.0. The Labute approximate surface area is 168 Å². The lowest BCUT2D eigenvalue weighted by Gasteiger charge is -2.33. The summed E-state index contributed by atoms with van der Waals surface area (Å²) >= 11 is 0. The second kappa shape index (κ2) is 9.80. The van der Waals surface area contributed by atoms with Crippen LogP contribution in [0.5, 0.6) is 5.75 Å². The van der Waals surface area contributed by atoms with Crippen molar-refractivity contribution in [2.75, 3.05) is 40.3 Å². The van der Waals surface area contributed by atoms with Gasteiger partial charge in [-0.2, -0.15) is 0 Å². The van der Waals surface area contributed by atoms with Gasteiger partial charge in [-0.3, -0.25) is 9.79 Å². The minimum absolute atomic E-state index is 0.257. The Bertz CT molecular complexity index is 674. The van der Waals surface area contributed by atoms with Gasteiger partial charge in [-0.15, -0.1) is 0 Å². The zero-order chi connectivity index (χ0) is 19.9. The molecule has 2 fully saturated rings. The second-order valence-electron chi connectivity index (χ2n) is 7.86. The maximum Gasteiger partial charge on any atom is 0.224 e. The molecule has 0 saturated carbocycles. The first-order valence-corrected chi connectivity index (χ1v) is 10.5. The molecule has 2 atom stereocenters. The van der Waals surface area contributed by atoms with E-state index in [9.17, 15) is 4.79 Å². The fourth-order valence-corrected chi connectivity index (χ4v) is 4.33. The Morgan fingerprint density at radius 2 is 2.00 bits per heavy atom. The summed E-state index contributed by atoms with van der Waals surface area (Å²) in [5, 5.41) is 3.39. The molecule has 6 heteroatoms. The molecule has 154 valence electrons. The van der Waals surface area contributed by atoms with Crippen LogP contribution in [0.4, 0.5) is 0 Å². The highest BCUT2D eigenvalue weighted by Crippen LogP contribution is 2.28. The van der Waals surface area contributed by atoms with E-state index in [1.807, 2.05) is 24.1 Å². The maximum absolute atomic E-state index is 12.5. The fourth-order valence-electron chi connectivity index (χ4n) is 4.33. The van der Waals surface area contributed by atoms with Crippen LogP contribution in [0.3, 0.4) is 0 Å². The summed E-state index contributed by atoms with van der Waals surface area (Å²) in [5.41, 5.74) is 1.34. The number of amides is 1. The van der Waals surface area contributed by atoms with Gasteiger partial charge in [-0.05, 0) is 50.3 Å². The molecule has 2 aliphatic rings. The minimum Gasteiger partial charge on any atom is -0.497 e. The van der Waals surface area contributed by atoms with Gasteiger partial charge in [0.2, 0.25) is 5.91 Å². The molecule has 0 aromatic heterocycles. The molecule has 2 saturated heterocycles. The lowest BCUT2D eigenvalue weighted by atomic mass is 9.98. The molecule has 3 rings (SSSR count). The van der Waals surface area contributed by atoms with Crippen molar-refractivity contribution < 1.29 is 9.53 Å². The van der Waals surface area contributed by atoms with Crippen molar-refractivity contribution in [2.24, 2.45) is 4.99 Å². The number of carbonyl (C=O) groups excluding carboxylic acids is 1. The van der Waals surface area contributed by atoms with E-state index in [1.54, 1.807) is 7.11 Å². The van der Waals surface area contributed by atoms with Crippen LogP contribution < -0.4 is 10.1 Å². The maximum atomic E-state index is 12.5. The first-order chi connectivity index (χ1) is 13.6. The fraction of sp³-hybridized carbons (Fsp3) is 0.636. The zero-order valence-corrected chi connectivity index (χ0v) is 17.5. The highest BCUT2D eigenvalue weighted by Gasteiger charge is 2.27. The molecule has 28 heavy (non-hydrogen) atoms. The molecule has 0 bridgehead atoms. The van der Waals surface area contributed by atoms with Gasteiger partial charge >= 0.3 is 0 Å². The van der Waals surface area contributed by atoms with Gasteiger partial charge in [0.05, 0.1) is 7.11 Å². The van der Waals surface area contributed by atoms with E-state index >= 15 is 0 Å². The summed E-state index contributed by atoms with van der Waals surface area (Å²) in [6.07, 6.45) is 5.13. The second-order valence-corrected chi connectivity index (χ2v) is 7.86. The largest absolute Gasteiger partial charge is 0.497 e. The Hall–Kier alpha value is -2.24. The third-order valence-electron chi connectivity index (χ3n) is 6.03. The Morgan fingerprint density at radius 3 is 2.68 bits per heavy atom. The van der Waals surface area contributed by atoms with Crippen LogP contribution in [0.2, 0.25) is 0 Å². The van der Waals surface area contributed by atoms with E-state index in [0.717, 1.165) is 50.6 Å². The summed E-state index contributed by atoms with van der Waals surface area (Å²) in [4.78, 5) is 21.3. The molecule has 1 amide bonds. The average molecular weight is 387 g/mol. The number of aliphatic imine (C=N–C) groups is 1. The smallest absolute Gasteiger partial charge is 0.224 e. The van der Waals surface area contributed by atoms with Gasteiger partial charge in [0, 0.05) is 51.6 Å². The molecule has 6 nitrogen and oxygen atoms in total. The first kappa shape index (κ1) is 20.5. The molecule has 1 aromatic rings. The number of benzene rings is 1. The number of nitrogens with one attached hydrogen (secondary N) is 1. The predicted octanol–water partition coefficient (Wildman–Crippen LogP) is 2.85. The van der Waals surface area contributed by atoms with Crippen molar-refractivity contribution in [3.63, 3.8) is 0 Å². The van der Waals surface area contributed by atoms with Gasteiger partial charge < -0.3 is 19.9 Å². The highest BCUT2D eigenvalue weighted by molar-refractivity contribution is 5.81. The van der Waals surface area contributed by atoms with Crippen LogP contribution in [0, 0.1) is 0 Å². The summed E-state index contributed by atoms with van der Waals surface area (Å²) in [6.45, 7) is 5.63. The first-order valence-electron chi connectivity index (χ1n) is 10.5. The molecule has 1 N–H and O–H groups in total. The van der Waals surface area contributed by atoms with Crippen molar-refractivity contribution in [3.8, 4) is 5.75 Å². The molecule has 2 aliphatic heterocycles. The molecule has 2 heterocycles. The number of hydrogen-bond acceptors (Lipinski definition) is 3. The number of rotatable bonds is 5. The van der Waals surface area contributed by atoms with Crippen LogP contribution in [0.15, 0.2) is 29.3 Å². The average Bonchev–Trinajstić information content (AvgIpc) is 3.21. The Morgan fingerprint density at radius 1 is 1.21 bits per heavy atom. The summed E-state index contributed by atoms with van der Waals surface area (Å²) < 4.78 is 5.25. The molecule has 0 aliphatic carbocycles. The molecular formula is C22H34N4O2. The third-order valence-corrected chi connectivity index (χ3v) is 6.03. The van der Waals surface area contributed by atoms with E-state index in [-0.39, 0.29) is 5.91 Å². The van der Waals surface area contributed by atoms with E-state index in [1.165, 1.54) is 12.0 Å². The van der Waals surface area contributed by atoms with E-state index in [2.05, 4.69) is 34.3 Å². The third kappa shape index (κ3) is 4.97. The van der Waals surface area contributed by atoms with Crippen LogP contribution in [-0.4, -0.2) is 68.0 Å². The van der Waals surface area contributed by atoms with E-state index in [4.69, 9.17) is 4.74 Å². The van der Waals surface area contributed by atoms with Crippen molar-refractivity contribution in [1.29, 1.82) is 0 Å². The quantitative estimate of drug-likeness (QED) is 0.625. The standard InChI is InChI=1S/C22H34N4O2/c1-17-6-4-5-14-26(17)21(27)11-13-24-22(23-2)25-15-12-19(16-25)18-7-9-20(28-3)10-8-18/h7-10,17,19H,4-6,11-16H2,1-3H3,(H,23,24). The Balaban J connectivity index is 1.47. The number of nitrogens with zero attached hydrogens (tertiary/aromatic N) is 3. The minimum atomic E-state index is 0.257. The van der Waals surface area contributed by atoms with Gasteiger partial charge in [0.25, 0.3) is 0 Å². The van der Waals surface area contributed by atoms with Crippen molar-refractivity contribution in [2.45, 2.75) is 51.0 Å². The Kier molecular flexibility index (Phi) is 7.18. The number of methoxy groups -OCH3 is 1. The van der Waals surface area contributed by atoms with Crippen LogP contribution >= 0.6 is 0 Å². The lowest BCUT2D eigenvalue weighted by molar-refractivity contribution is -0.134. The van der Waals surface area contributed by atoms with Crippen molar-refractivity contribution >= 4 is 11.9 Å².